The Morgan fingerprint density at radius 1 is 1.21 bits per heavy atom. The maximum absolute atomic E-state index is 12.8. The molecule has 2 aromatic rings. The maximum atomic E-state index is 12.8. The lowest BCUT2D eigenvalue weighted by Crippen LogP contribution is -2.45. The molecule has 2 amide bonds. The first-order valence-electron chi connectivity index (χ1n) is 9.65. The van der Waals surface area contributed by atoms with E-state index in [1.807, 2.05) is 35.2 Å². The van der Waals surface area contributed by atoms with E-state index >= 15 is 0 Å². The zero-order chi connectivity index (χ0) is 19.5. The highest BCUT2D eigenvalue weighted by Crippen LogP contribution is 2.28. The smallest absolute Gasteiger partial charge is 0.410 e. The van der Waals surface area contributed by atoms with Crippen LogP contribution < -0.4 is 0 Å². The lowest BCUT2D eigenvalue weighted by Gasteiger charge is -2.33. The summed E-state index contributed by atoms with van der Waals surface area (Å²) in [5.41, 5.74) is 0.981. The van der Waals surface area contributed by atoms with E-state index in [-0.39, 0.29) is 25.1 Å². The lowest BCUT2D eigenvalue weighted by molar-refractivity contribution is -0.133. The second kappa shape index (κ2) is 8.00. The molecule has 2 aliphatic rings. The van der Waals surface area contributed by atoms with Crippen molar-refractivity contribution in [3.63, 3.8) is 0 Å². The van der Waals surface area contributed by atoms with E-state index in [0.29, 0.717) is 30.7 Å². The van der Waals surface area contributed by atoms with Crippen LogP contribution in [0.3, 0.4) is 0 Å². The average molecular weight is 384 g/mol. The number of hydrogen-bond donors (Lipinski definition) is 0. The summed E-state index contributed by atoms with van der Waals surface area (Å²) in [6.07, 6.45) is 2.10. The third kappa shape index (κ3) is 4.00. The number of amides is 2. The first-order chi connectivity index (χ1) is 13.6. The van der Waals surface area contributed by atoms with Crippen LogP contribution in [0.2, 0.25) is 0 Å². The number of carbonyl (C=O) groups excluding carboxylic acids is 2. The Kier molecular flexibility index (Phi) is 5.27. The zero-order valence-electron chi connectivity index (χ0n) is 15.9. The summed E-state index contributed by atoms with van der Waals surface area (Å²) in [6, 6.07) is 9.47. The number of cyclic esters (lactones) is 1. The van der Waals surface area contributed by atoms with Crippen molar-refractivity contribution < 1.29 is 18.8 Å². The third-order valence-corrected chi connectivity index (χ3v) is 5.47. The maximum Gasteiger partial charge on any atom is 0.410 e. The number of carbonyl (C=O) groups is 2. The molecule has 148 valence electrons. The fourth-order valence-corrected chi connectivity index (χ4v) is 3.88. The van der Waals surface area contributed by atoms with Gasteiger partial charge in [0.15, 0.2) is 5.82 Å². The number of likely N-dealkylation sites (tertiary alicyclic amines) is 1. The molecule has 8 nitrogen and oxygen atoms in total. The number of rotatable bonds is 5. The summed E-state index contributed by atoms with van der Waals surface area (Å²) in [7, 11) is 0. The molecule has 1 unspecified atom stereocenters. The molecule has 4 rings (SSSR count). The molecule has 2 aliphatic heterocycles. The van der Waals surface area contributed by atoms with Crippen LogP contribution in [0.4, 0.5) is 4.79 Å². The van der Waals surface area contributed by atoms with Crippen molar-refractivity contribution in [3.05, 3.63) is 47.6 Å². The summed E-state index contributed by atoms with van der Waals surface area (Å²) in [6.45, 7) is 3.49. The minimum absolute atomic E-state index is 0.0353. The van der Waals surface area contributed by atoms with Crippen LogP contribution in [0.5, 0.6) is 0 Å². The van der Waals surface area contributed by atoms with Gasteiger partial charge in [0, 0.05) is 19.5 Å². The van der Waals surface area contributed by atoms with E-state index in [2.05, 4.69) is 10.1 Å². The van der Waals surface area contributed by atoms with Gasteiger partial charge < -0.3 is 14.2 Å². The molecule has 8 heteroatoms. The van der Waals surface area contributed by atoms with E-state index < -0.39 is 6.09 Å². The Bertz CT molecular complexity index is 830. The minimum atomic E-state index is -0.427. The fourth-order valence-electron chi connectivity index (χ4n) is 3.88. The molecule has 1 atom stereocenters. The average Bonchev–Trinajstić information content (AvgIpc) is 3.28. The highest BCUT2D eigenvalue weighted by atomic mass is 16.6. The van der Waals surface area contributed by atoms with Gasteiger partial charge in [-0.3, -0.25) is 9.69 Å². The Labute approximate surface area is 163 Å². The molecule has 2 fully saturated rings. The van der Waals surface area contributed by atoms with E-state index in [0.717, 1.165) is 24.8 Å². The van der Waals surface area contributed by atoms with E-state index in [1.165, 1.54) is 4.90 Å². The van der Waals surface area contributed by atoms with Gasteiger partial charge in [-0.05, 0) is 31.2 Å². The quantitative estimate of drug-likeness (QED) is 0.786. The largest absolute Gasteiger partial charge is 0.447 e. The van der Waals surface area contributed by atoms with E-state index in [9.17, 15) is 9.59 Å². The van der Waals surface area contributed by atoms with Gasteiger partial charge in [-0.1, -0.05) is 35.5 Å². The van der Waals surface area contributed by atoms with Crippen LogP contribution in [0.1, 0.15) is 36.2 Å². The van der Waals surface area contributed by atoms with Crippen LogP contribution in [-0.2, 0) is 16.0 Å². The van der Waals surface area contributed by atoms with Gasteiger partial charge in [-0.15, -0.1) is 0 Å². The van der Waals surface area contributed by atoms with Gasteiger partial charge in [-0.25, -0.2) is 4.79 Å². The van der Waals surface area contributed by atoms with Crippen molar-refractivity contribution in [1.82, 2.24) is 19.9 Å². The normalized spacial score (nSPS) is 20.5. The molecule has 0 N–H and O–H groups in total. The molecule has 1 aromatic carbocycles. The fraction of sp³-hybridized carbons (Fsp3) is 0.500. The van der Waals surface area contributed by atoms with Crippen LogP contribution in [-0.4, -0.2) is 58.2 Å². The van der Waals surface area contributed by atoms with Gasteiger partial charge in [0.2, 0.25) is 11.8 Å². The van der Waals surface area contributed by atoms with E-state index in [4.69, 9.17) is 9.26 Å². The number of nitrogens with zero attached hydrogens (tertiary/aromatic N) is 4. The minimum Gasteiger partial charge on any atom is -0.447 e. The number of ether oxygens (including phenoxy) is 1. The summed E-state index contributed by atoms with van der Waals surface area (Å²) in [5.74, 6) is 1.70. The SMILES string of the molecule is Cc1noc(CC2CCN(C(=O)CN3C(=O)OCC3c3ccccc3)CC2)n1. The summed E-state index contributed by atoms with van der Waals surface area (Å²) in [5, 5.41) is 3.82. The first-order valence-corrected chi connectivity index (χ1v) is 9.65. The predicted molar refractivity (Wildman–Crippen MR) is 99.3 cm³/mol. The van der Waals surface area contributed by atoms with Gasteiger partial charge in [0.1, 0.15) is 13.2 Å². The van der Waals surface area contributed by atoms with Crippen LogP contribution >= 0.6 is 0 Å². The second-order valence-corrected chi connectivity index (χ2v) is 7.39. The van der Waals surface area contributed by atoms with E-state index in [1.54, 1.807) is 6.92 Å². The summed E-state index contributed by atoms with van der Waals surface area (Å²) < 4.78 is 10.4. The molecular formula is C20H24N4O4. The molecule has 0 saturated carbocycles. The van der Waals surface area contributed by atoms with Crippen LogP contribution in [0.15, 0.2) is 34.9 Å². The molecule has 0 bridgehead atoms. The second-order valence-electron chi connectivity index (χ2n) is 7.39. The van der Waals surface area contributed by atoms with Crippen molar-refractivity contribution in [2.24, 2.45) is 5.92 Å². The molecule has 2 saturated heterocycles. The molecule has 0 aliphatic carbocycles. The van der Waals surface area contributed by atoms with Crippen LogP contribution in [0.25, 0.3) is 0 Å². The molecule has 3 heterocycles. The number of aromatic nitrogens is 2. The topological polar surface area (TPSA) is 88.8 Å². The summed E-state index contributed by atoms with van der Waals surface area (Å²) >= 11 is 0. The third-order valence-electron chi connectivity index (χ3n) is 5.47. The monoisotopic (exact) mass is 384 g/mol. The molecular weight excluding hydrogens is 360 g/mol. The van der Waals surface area contributed by atoms with Gasteiger partial charge in [-0.2, -0.15) is 4.98 Å². The Balaban J connectivity index is 1.32. The Morgan fingerprint density at radius 3 is 2.64 bits per heavy atom. The first kappa shape index (κ1) is 18.5. The van der Waals surface area contributed by atoms with Gasteiger partial charge >= 0.3 is 6.09 Å². The number of hydrogen-bond acceptors (Lipinski definition) is 6. The standard InChI is InChI=1S/C20H24N4O4/c1-14-21-18(28-22-14)11-15-7-9-23(10-8-15)19(25)12-24-17(13-27-20(24)26)16-5-3-2-4-6-16/h2-6,15,17H,7-13H2,1H3. The number of aryl methyl sites for hydroxylation is 1. The van der Waals surface area contributed by atoms with Gasteiger partial charge in [0.25, 0.3) is 0 Å². The predicted octanol–water partition coefficient (Wildman–Crippen LogP) is 2.35. The Morgan fingerprint density at radius 2 is 1.96 bits per heavy atom. The van der Waals surface area contributed by atoms with Crippen molar-refractivity contribution in [2.45, 2.75) is 32.2 Å². The molecule has 28 heavy (non-hydrogen) atoms. The molecule has 0 spiro atoms. The highest BCUT2D eigenvalue weighted by molar-refractivity contribution is 5.83. The van der Waals surface area contributed by atoms with Crippen molar-refractivity contribution in [1.29, 1.82) is 0 Å². The lowest BCUT2D eigenvalue weighted by atomic mass is 9.93. The van der Waals surface area contributed by atoms with Crippen molar-refractivity contribution in [3.8, 4) is 0 Å². The highest BCUT2D eigenvalue weighted by Gasteiger charge is 2.36. The van der Waals surface area contributed by atoms with Gasteiger partial charge in [0.05, 0.1) is 6.04 Å². The Hall–Kier alpha value is -2.90. The summed E-state index contributed by atoms with van der Waals surface area (Å²) in [4.78, 5) is 32.5. The number of benzene rings is 1. The molecule has 0 radical (unpaired) electrons. The van der Waals surface area contributed by atoms with Crippen molar-refractivity contribution in [2.75, 3.05) is 26.2 Å². The molecule has 1 aromatic heterocycles. The number of piperidine rings is 1. The van der Waals surface area contributed by atoms with Crippen LogP contribution in [0, 0.1) is 12.8 Å². The van der Waals surface area contributed by atoms with Crippen molar-refractivity contribution >= 4 is 12.0 Å². The zero-order valence-corrected chi connectivity index (χ0v) is 15.9.